The number of benzene rings is 1. The molecule has 0 spiro atoms. The second-order valence-electron chi connectivity index (χ2n) is 3.94. The van der Waals surface area contributed by atoms with Crippen LogP contribution in [0.2, 0.25) is 0 Å². The van der Waals surface area contributed by atoms with E-state index in [1.165, 1.54) is 5.56 Å². The monoisotopic (exact) mass is 252 g/mol. The van der Waals surface area contributed by atoms with E-state index in [0.29, 0.717) is 12.3 Å². The first kappa shape index (κ1) is 16.1. The summed E-state index contributed by atoms with van der Waals surface area (Å²) in [5.41, 5.74) is 2.13. The first-order valence-corrected chi connectivity index (χ1v) is 6.53. The minimum absolute atomic E-state index is 0. The Bertz CT molecular complexity index is 427. The molecule has 16 heavy (non-hydrogen) atoms. The predicted molar refractivity (Wildman–Crippen MR) is 67.8 cm³/mol. The Balaban J connectivity index is 0.00000225. The van der Waals surface area contributed by atoms with Crippen molar-refractivity contribution in [2.75, 3.05) is 5.75 Å². The van der Waals surface area contributed by atoms with E-state index in [9.17, 15) is 8.42 Å². The van der Waals surface area contributed by atoms with Crippen LogP contribution in [0.3, 0.4) is 0 Å². The third-order valence-electron chi connectivity index (χ3n) is 2.27. The molecule has 0 saturated carbocycles. The van der Waals surface area contributed by atoms with Crippen molar-refractivity contribution >= 4 is 39.7 Å². The summed E-state index contributed by atoms with van der Waals surface area (Å²) in [7, 11) is -3.86. The molecule has 0 radical (unpaired) electrons. The Labute approximate surface area is 119 Å². The molecule has 0 aliphatic carbocycles. The molecule has 0 aromatic heterocycles. The van der Waals surface area contributed by atoms with Crippen molar-refractivity contribution in [2.45, 2.75) is 26.2 Å². The third-order valence-corrected chi connectivity index (χ3v) is 2.99. The Morgan fingerprint density at radius 3 is 2.44 bits per heavy atom. The molecule has 0 heterocycles. The van der Waals surface area contributed by atoms with Crippen LogP contribution in [0.15, 0.2) is 24.3 Å². The summed E-state index contributed by atoms with van der Waals surface area (Å²) < 4.78 is 29.8. The maximum absolute atomic E-state index is 10.6. The Kier molecular flexibility index (Phi) is 6.82. The molecule has 1 N–H and O–H groups in total. The molecule has 0 fully saturated rings. The van der Waals surface area contributed by atoms with Gasteiger partial charge < -0.3 is 0 Å². The molecule has 86 valence electrons. The van der Waals surface area contributed by atoms with Crippen molar-refractivity contribution in [1.29, 1.82) is 0 Å². The number of hydrogen-bond donors (Lipinski definition) is 1. The normalized spacial score (nSPS) is 11.2. The third kappa shape index (κ3) is 6.01. The second-order valence-corrected chi connectivity index (χ2v) is 5.51. The van der Waals surface area contributed by atoms with E-state index in [-0.39, 0.29) is 35.3 Å². The molecule has 0 amide bonds. The number of hydrogen-bond acceptors (Lipinski definition) is 2. The predicted octanol–water partition coefficient (Wildman–Crippen LogP) is 1.59. The topological polar surface area (TPSA) is 54.4 Å². The van der Waals surface area contributed by atoms with Gasteiger partial charge in [0.15, 0.2) is 0 Å². The molecule has 3 nitrogen and oxygen atoms in total. The quantitative estimate of drug-likeness (QED) is 0.654. The van der Waals surface area contributed by atoms with E-state index in [1.54, 1.807) is 0 Å². The van der Waals surface area contributed by atoms with Gasteiger partial charge in [-0.3, -0.25) is 4.55 Å². The van der Waals surface area contributed by atoms with E-state index in [4.69, 9.17) is 4.55 Å². The molecule has 1 rings (SSSR count). The molecule has 0 unspecified atom stereocenters. The van der Waals surface area contributed by atoms with Crippen LogP contribution in [0.1, 0.15) is 30.9 Å². The fourth-order valence-electron chi connectivity index (χ4n) is 1.35. The molecule has 1 aromatic carbocycles. The van der Waals surface area contributed by atoms with Gasteiger partial charge >= 0.3 is 29.6 Å². The summed E-state index contributed by atoms with van der Waals surface area (Å²) in [6.07, 6.45) is 0.361. The van der Waals surface area contributed by atoms with Gasteiger partial charge in [0.2, 0.25) is 0 Å². The average Bonchev–Trinajstić information content (AvgIpc) is 2.14. The molecular formula is C11H17NaO3S. The molecule has 0 bridgehead atoms. The fourth-order valence-corrected chi connectivity index (χ4v) is 1.85. The van der Waals surface area contributed by atoms with Crippen molar-refractivity contribution in [3.8, 4) is 0 Å². The summed E-state index contributed by atoms with van der Waals surface area (Å²) in [5.74, 6) is 0.213. The summed E-state index contributed by atoms with van der Waals surface area (Å²) in [6.45, 7) is 4.17. The zero-order chi connectivity index (χ0) is 11.5. The van der Waals surface area contributed by atoms with Crippen molar-refractivity contribution < 1.29 is 13.0 Å². The molecule has 5 heteroatoms. The standard InChI is InChI=1S/C11H16O3S.Na.H/c1-9(2)11-5-3-4-10(8-11)6-7-15(12,13)14;;/h3-5,8-9H,6-7H2,1-2H3,(H,12,13,14);;. The van der Waals surface area contributed by atoms with Crippen molar-refractivity contribution in [3.63, 3.8) is 0 Å². The van der Waals surface area contributed by atoms with Gasteiger partial charge in [-0.2, -0.15) is 8.42 Å². The van der Waals surface area contributed by atoms with Crippen molar-refractivity contribution in [2.24, 2.45) is 0 Å². The first-order chi connectivity index (χ1) is 6.88. The van der Waals surface area contributed by atoms with E-state index in [1.807, 2.05) is 24.3 Å². The van der Waals surface area contributed by atoms with Gasteiger partial charge in [0.1, 0.15) is 0 Å². The number of aryl methyl sites for hydroxylation is 1. The fraction of sp³-hybridized carbons (Fsp3) is 0.455. The van der Waals surface area contributed by atoms with Gasteiger partial charge in [0.05, 0.1) is 5.75 Å². The van der Waals surface area contributed by atoms with Crippen LogP contribution in [-0.2, 0) is 16.5 Å². The van der Waals surface area contributed by atoms with Gasteiger partial charge in [-0.05, 0) is 23.5 Å². The first-order valence-electron chi connectivity index (χ1n) is 4.92. The van der Waals surface area contributed by atoms with Gasteiger partial charge in [-0.25, -0.2) is 0 Å². The van der Waals surface area contributed by atoms with Crippen LogP contribution in [-0.4, -0.2) is 48.3 Å². The second kappa shape index (κ2) is 6.77. The van der Waals surface area contributed by atoms with Crippen LogP contribution in [0.25, 0.3) is 0 Å². The van der Waals surface area contributed by atoms with E-state index in [0.717, 1.165) is 5.56 Å². The summed E-state index contributed by atoms with van der Waals surface area (Å²) in [6, 6.07) is 7.78. The molecule has 0 aliphatic rings. The average molecular weight is 252 g/mol. The molecule has 0 aliphatic heterocycles. The molecule has 0 saturated heterocycles. The SMILES string of the molecule is CC(C)c1cccc(CCS(=O)(=O)O)c1.[NaH]. The van der Waals surface area contributed by atoms with Crippen LogP contribution in [0, 0.1) is 0 Å². The van der Waals surface area contributed by atoms with Crippen LogP contribution in [0.5, 0.6) is 0 Å². The molecular weight excluding hydrogens is 235 g/mol. The van der Waals surface area contributed by atoms with E-state index < -0.39 is 10.1 Å². The van der Waals surface area contributed by atoms with Gasteiger partial charge in [-0.1, -0.05) is 38.1 Å². The van der Waals surface area contributed by atoms with Gasteiger partial charge in [0, 0.05) is 0 Å². The Morgan fingerprint density at radius 2 is 1.94 bits per heavy atom. The number of rotatable bonds is 4. The zero-order valence-corrected chi connectivity index (χ0v) is 9.79. The van der Waals surface area contributed by atoms with E-state index in [2.05, 4.69) is 13.8 Å². The maximum atomic E-state index is 10.6. The van der Waals surface area contributed by atoms with Crippen molar-refractivity contribution in [1.82, 2.24) is 0 Å². The Morgan fingerprint density at radius 1 is 1.31 bits per heavy atom. The van der Waals surface area contributed by atoms with Gasteiger partial charge in [-0.15, -0.1) is 0 Å². The zero-order valence-electron chi connectivity index (χ0n) is 8.97. The van der Waals surface area contributed by atoms with Gasteiger partial charge in [0.25, 0.3) is 10.1 Å². The van der Waals surface area contributed by atoms with Crippen LogP contribution < -0.4 is 0 Å². The molecule has 1 aromatic rings. The summed E-state index contributed by atoms with van der Waals surface area (Å²) in [4.78, 5) is 0. The van der Waals surface area contributed by atoms with Crippen LogP contribution in [0.4, 0.5) is 0 Å². The van der Waals surface area contributed by atoms with E-state index >= 15 is 0 Å². The summed E-state index contributed by atoms with van der Waals surface area (Å²) >= 11 is 0. The molecule has 0 atom stereocenters. The van der Waals surface area contributed by atoms with Crippen LogP contribution >= 0.6 is 0 Å². The Hall–Kier alpha value is 0.130. The van der Waals surface area contributed by atoms with Crippen molar-refractivity contribution in [3.05, 3.63) is 35.4 Å². The summed E-state index contributed by atoms with van der Waals surface area (Å²) in [5, 5.41) is 0. The minimum atomic E-state index is -3.86.